The molecule has 1 N–H and O–H groups in total. The lowest BCUT2D eigenvalue weighted by atomic mass is 10.2. The number of aryl methyl sites for hydroxylation is 1. The van der Waals surface area contributed by atoms with Crippen LogP contribution in [0.4, 0.5) is 0 Å². The van der Waals surface area contributed by atoms with Gasteiger partial charge in [-0.25, -0.2) is 9.67 Å². The normalized spacial score (nSPS) is 17.3. The minimum Gasteiger partial charge on any atom is -0.345 e. The molecule has 1 saturated carbocycles. The Labute approximate surface area is 126 Å². The molecule has 0 spiro atoms. The average Bonchev–Trinajstić information content (AvgIpc) is 3.09. The van der Waals surface area contributed by atoms with Crippen molar-refractivity contribution in [1.29, 1.82) is 0 Å². The van der Waals surface area contributed by atoms with Gasteiger partial charge in [0.25, 0.3) is 0 Å². The van der Waals surface area contributed by atoms with Crippen LogP contribution in [-0.4, -0.2) is 45.2 Å². The second-order valence-electron chi connectivity index (χ2n) is 5.98. The van der Waals surface area contributed by atoms with Crippen LogP contribution in [0.15, 0.2) is 6.33 Å². The van der Waals surface area contributed by atoms with Crippen LogP contribution in [0.3, 0.4) is 0 Å². The lowest BCUT2D eigenvalue weighted by molar-refractivity contribution is -0.123. The molecule has 21 heavy (non-hydrogen) atoms. The molecular formula is C15H27N5O. The number of amides is 1. The molecule has 6 nitrogen and oxygen atoms in total. The van der Waals surface area contributed by atoms with E-state index < -0.39 is 0 Å². The van der Waals surface area contributed by atoms with Crippen LogP contribution in [0.25, 0.3) is 0 Å². The zero-order valence-corrected chi connectivity index (χ0v) is 13.4. The van der Waals surface area contributed by atoms with Crippen LogP contribution >= 0.6 is 0 Å². The van der Waals surface area contributed by atoms with Gasteiger partial charge in [0.05, 0.1) is 12.6 Å². The monoisotopic (exact) mass is 293 g/mol. The summed E-state index contributed by atoms with van der Waals surface area (Å²) in [6.07, 6.45) is 7.55. The maximum Gasteiger partial charge on any atom is 0.234 e. The first-order chi connectivity index (χ1) is 10.1. The first-order valence-electron chi connectivity index (χ1n) is 7.99. The highest BCUT2D eigenvalue weighted by molar-refractivity contribution is 5.78. The Morgan fingerprint density at radius 2 is 2.24 bits per heavy atom. The molecule has 0 aromatic carbocycles. The molecule has 1 amide bonds. The van der Waals surface area contributed by atoms with Crippen molar-refractivity contribution in [2.75, 3.05) is 13.6 Å². The highest BCUT2D eigenvalue weighted by atomic mass is 16.2. The standard InChI is InChI=1S/C15H27N5O/c1-4-9-20-15(16-11-17-20)12(2)18-14(21)10-19(3)13-7-5-6-8-13/h11-13H,4-10H2,1-3H3,(H,18,21). The third kappa shape index (κ3) is 4.27. The van der Waals surface area contributed by atoms with E-state index in [-0.39, 0.29) is 11.9 Å². The molecule has 1 heterocycles. The van der Waals surface area contributed by atoms with Gasteiger partial charge in [-0.3, -0.25) is 9.69 Å². The van der Waals surface area contributed by atoms with E-state index in [1.54, 1.807) is 6.33 Å². The first-order valence-corrected chi connectivity index (χ1v) is 7.99. The number of carbonyl (C=O) groups is 1. The van der Waals surface area contributed by atoms with Crippen LogP contribution in [-0.2, 0) is 11.3 Å². The molecule has 1 fully saturated rings. The Hall–Kier alpha value is -1.43. The summed E-state index contributed by atoms with van der Waals surface area (Å²) in [5.74, 6) is 0.886. The largest absolute Gasteiger partial charge is 0.345 e. The topological polar surface area (TPSA) is 63.1 Å². The van der Waals surface area contributed by atoms with Crippen molar-refractivity contribution >= 4 is 5.91 Å². The number of hydrogen-bond donors (Lipinski definition) is 1. The highest BCUT2D eigenvalue weighted by Gasteiger charge is 2.22. The third-order valence-electron chi connectivity index (χ3n) is 4.19. The van der Waals surface area contributed by atoms with E-state index in [9.17, 15) is 4.79 Å². The number of hydrogen-bond acceptors (Lipinski definition) is 4. The van der Waals surface area contributed by atoms with Crippen molar-refractivity contribution in [3.63, 3.8) is 0 Å². The number of carbonyl (C=O) groups excluding carboxylic acids is 1. The highest BCUT2D eigenvalue weighted by Crippen LogP contribution is 2.22. The van der Waals surface area contributed by atoms with Gasteiger partial charge in [0.15, 0.2) is 0 Å². The maximum atomic E-state index is 12.2. The molecule has 1 aliphatic carbocycles. The minimum atomic E-state index is -0.108. The Morgan fingerprint density at radius 1 is 1.52 bits per heavy atom. The lowest BCUT2D eigenvalue weighted by Crippen LogP contribution is -2.40. The molecule has 1 unspecified atom stereocenters. The molecule has 1 aromatic rings. The van der Waals surface area contributed by atoms with Crippen molar-refractivity contribution < 1.29 is 4.79 Å². The minimum absolute atomic E-state index is 0.0583. The SMILES string of the molecule is CCCn1ncnc1C(C)NC(=O)CN(C)C1CCCC1. The summed E-state index contributed by atoms with van der Waals surface area (Å²) >= 11 is 0. The Kier molecular flexibility index (Phi) is 5.73. The molecule has 1 aromatic heterocycles. The van der Waals surface area contributed by atoms with Crippen LogP contribution < -0.4 is 5.32 Å². The van der Waals surface area contributed by atoms with Crippen molar-refractivity contribution in [3.8, 4) is 0 Å². The van der Waals surface area contributed by atoms with Crippen LogP contribution in [0.5, 0.6) is 0 Å². The molecule has 0 radical (unpaired) electrons. The van der Waals surface area contributed by atoms with E-state index in [0.717, 1.165) is 18.8 Å². The zero-order valence-electron chi connectivity index (χ0n) is 13.4. The maximum absolute atomic E-state index is 12.2. The third-order valence-corrected chi connectivity index (χ3v) is 4.19. The molecule has 0 saturated heterocycles. The summed E-state index contributed by atoms with van der Waals surface area (Å²) in [6, 6.07) is 0.457. The number of nitrogens with one attached hydrogen (secondary N) is 1. The van der Waals surface area contributed by atoms with E-state index in [0.29, 0.717) is 12.6 Å². The number of rotatable bonds is 7. The fourth-order valence-electron chi connectivity index (χ4n) is 3.04. The predicted octanol–water partition coefficient (Wildman–Crippen LogP) is 1.74. The molecular weight excluding hydrogens is 266 g/mol. The van der Waals surface area contributed by atoms with Crippen molar-refractivity contribution in [1.82, 2.24) is 25.0 Å². The summed E-state index contributed by atoms with van der Waals surface area (Å²) in [5.41, 5.74) is 0. The summed E-state index contributed by atoms with van der Waals surface area (Å²) in [5, 5.41) is 7.23. The second kappa shape index (κ2) is 7.54. The van der Waals surface area contributed by atoms with Crippen molar-refractivity contribution in [3.05, 3.63) is 12.2 Å². The van der Waals surface area contributed by atoms with Gasteiger partial charge >= 0.3 is 0 Å². The Morgan fingerprint density at radius 3 is 2.90 bits per heavy atom. The average molecular weight is 293 g/mol. The smallest absolute Gasteiger partial charge is 0.234 e. The first kappa shape index (κ1) is 15.9. The number of likely N-dealkylation sites (N-methyl/N-ethyl adjacent to an activating group) is 1. The van der Waals surface area contributed by atoms with Gasteiger partial charge in [0, 0.05) is 12.6 Å². The number of aromatic nitrogens is 3. The van der Waals surface area contributed by atoms with Crippen molar-refractivity contribution in [2.45, 2.75) is 64.6 Å². The van der Waals surface area contributed by atoms with Gasteiger partial charge in [-0.15, -0.1) is 0 Å². The van der Waals surface area contributed by atoms with Gasteiger partial charge in [-0.2, -0.15) is 5.10 Å². The van der Waals surface area contributed by atoms with E-state index in [2.05, 4.69) is 27.2 Å². The van der Waals surface area contributed by atoms with E-state index in [1.165, 1.54) is 25.7 Å². The number of nitrogens with zero attached hydrogens (tertiary/aromatic N) is 4. The quantitative estimate of drug-likeness (QED) is 0.832. The molecule has 1 atom stereocenters. The molecule has 0 aliphatic heterocycles. The van der Waals surface area contributed by atoms with Crippen molar-refractivity contribution in [2.24, 2.45) is 0 Å². The van der Waals surface area contributed by atoms with Gasteiger partial charge < -0.3 is 5.32 Å². The van der Waals surface area contributed by atoms with Crippen LogP contribution in [0.2, 0.25) is 0 Å². The van der Waals surface area contributed by atoms with Gasteiger partial charge in [0.1, 0.15) is 12.2 Å². The second-order valence-corrected chi connectivity index (χ2v) is 5.98. The fourth-order valence-corrected chi connectivity index (χ4v) is 3.04. The molecule has 118 valence electrons. The van der Waals surface area contributed by atoms with Gasteiger partial charge in [-0.1, -0.05) is 19.8 Å². The van der Waals surface area contributed by atoms with Gasteiger partial charge in [0.2, 0.25) is 5.91 Å². The Balaban J connectivity index is 1.85. The van der Waals surface area contributed by atoms with E-state index in [4.69, 9.17) is 0 Å². The summed E-state index contributed by atoms with van der Waals surface area (Å²) < 4.78 is 1.87. The van der Waals surface area contributed by atoms with E-state index in [1.807, 2.05) is 18.7 Å². The zero-order chi connectivity index (χ0) is 15.2. The summed E-state index contributed by atoms with van der Waals surface area (Å²) in [7, 11) is 2.04. The fraction of sp³-hybridized carbons (Fsp3) is 0.800. The van der Waals surface area contributed by atoms with Crippen LogP contribution in [0, 0.1) is 0 Å². The van der Waals surface area contributed by atoms with Gasteiger partial charge in [-0.05, 0) is 33.2 Å². The lowest BCUT2D eigenvalue weighted by Gasteiger charge is -2.24. The summed E-state index contributed by atoms with van der Waals surface area (Å²) in [4.78, 5) is 18.6. The molecule has 0 bridgehead atoms. The molecule has 1 aliphatic rings. The predicted molar refractivity (Wildman–Crippen MR) is 81.8 cm³/mol. The Bertz CT molecular complexity index is 453. The molecule has 6 heteroatoms. The molecule has 2 rings (SSSR count). The van der Waals surface area contributed by atoms with Crippen LogP contribution in [0.1, 0.15) is 57.8 Å². The van der Waals surface area contributed by atoms with E-state index >= 15 is 0 Å². The summed E-state index contributed by atoms with van der Waals surface area (Å²) in [6.45, 7) is 5.35.